The molecule has 34 heavy (non-hydrogen) atoms. The van der Waals surface area contributed by atoms with Crippen LogP contribution in [-0.4, -0.2) is 80.2 Å². The Hall–Kier alpha value is -3.55. The monoisotopic (exact) mass is 478 g/mol. The van der Waals surface area contributed by atoms with Crippen LogP contribution in [0.25, 0.3) is 22.3 Å². The molecular formula is C22H22O12. The van der Waals surface area contributed by atoms with Crippen molar-refractivity contribution in [1.82, 2.24) is 0 Å². The first-order valence-corrected chi connectivity index (χ1v) is 10.0. The van der Waals surface area contributed by atoms with E-state index in [1.165, 1.54) is 25.3 Å². The van der Waals surface area contributed by atoms with Crippen molar-refractivity contribution in [3.63, 3.8) is 0 Å². The van der Waals surface area contributed by atoms with Crippen LogP contribution >= 0.6 is 0 Å². The Morgan fingerprint density at radius 2 is 1.71 bits per heavy atom. The highest BCUT2D eigenvalue weighted by molar-refractivity contribution is 5.88. The van der Waals surface area contributed by atoms with Gasteiger partial charge in [-0.05, 0) is 18.2 Å². The molecule has 1 aliphatic rings. The minimum Gasteiger partial charge on any atom is -0.508 e. The molecule has 0 bridgehead atoms. The zero-order valence-electron chi connectivity index (χ0n) is 17.7. The van der Waals surface area contributed by atoms with Crippen LogP contribution in [0.5, 0.6) is 28.7 Å². The molecule has 0 amide bonds. The lowest BCUT2D eigenvalue weighted by Gasteiger charge is -2.39. The lowest BCUT2D eigenvalue weighted by Crippen LogP contribution is -2.60. The van der Waals surface area contributed by atoms with E-state index in [0.29, 0.717) is 0 Å². The lowest BCUT2D eigenvalue weighted by molar-refractivity contribution is -0.277. The first kappa shape index (κ1) is 23.6. The number of phenolic OH excluding ortho intramolecular Hbond substituents is 3. The third-order valence-corrected chi connectivity index (χ3v) is 5.44. The molecule has 5 atom stereocenters. The Morgan fingerprint density at radius 3 is 2.35 bits per heavy atom. The number of ether oxygens (including phenoxy) is 3. The third kappa shape index (κ3) is 3.97. The number of benzene rings is 2. The quantitative estimate of drug-likeness (QED) is 0.254. The summed E-state index contributed by atoms with van der Waals surface area (Å²) in [6, 6.07) is 6.00. The first-order valence-electron chi connectivity index (χ1n) is 10.0. The molecule has 1 unspecified atom stereocenters. The number of rotatable bonds is 5. The molecule has 2 aromatic carbocycles. The van der Waals surface area contributed by atoms with Crippen LogP contribution in [0.15, 0.2) is 39.5 Å². The molecule has 1 saturated heterocycles. The number of phenols is 3. The fraction of sp³-hybridized carbons (Fsp3) is 0.318. The molecule has 0 spiro atoms. The number of hydrogen-bond donors (Lipinski definition) is 7. The van der Waals surface area contributed by atoms with E-state index >= 15 is 0 Å². The van der Waals surface area contributed by atoms with E-state index in [4.69, 9.17) is 18.6 Å². The second kappa shape index (κ2) is 9.00. The highest BCUT2D eigenvalue weighted by Crippen LogP contribution is 2.39. The smallest absolute Gasteiger partial charge is 0.239 e. The van der Waals surface area contributed by atoms with Crippen LogP contribution in [0, 0.1) is 0 Å². The number of hydrogen-bond acceptors (Lipinski definition) is 12. The predicted octanol–water partition coefficient (Wildman–Crippen LogP) is -0.236. The zero-order valence-corrected chi connectivity index (χ0v) is 17.7. The van der Waals surface area contributed by atoms with E-state index in [-0.39, 0.29) is 39.5 Å². The summed E-state index contributed by atoms with van der Waals surface area (Å²) in [6.45, 7) is -0.726. The van der Waals surface area contributed by atoms with Gasteiger partial charge in [-0.3, -0.25) is 4.79 Å². The van der Waals surface area contributed by atoms with E-state index < -0.39 is 54.2 Å². The van der Waals surface area contributed by atoms with E-state index in [0.717, 1.165) is 12.1 Å². The molecule has 4 rings (SSSR count). The van der Waals surface area contributed by atoms with Crippen molar-refractivity contribution < 1.29 is 54.4 Å². The number of aliphatic hydroxyl groups is 4. The second-order valence-corrected chi connectivity index (χ2v) is 7.63. The van der Waals surface area contributed by atoms with Crippen LogP contribution < -0.4 is 14.9 Å². The average Bonchev–Trinajstić information content (AvgIpc) is 2.80. The van der Waals surface area contributed by atoms with Gasteiger partial charge in [0, 0.05) is 17.7 Å². The molecule has 12 heteroatoms. The van der Waals surface area contributed by atoms with Crippen LogP contribution in [0.1, 0.15) is 0 Å². The van der Waals surface area contributed by atoms with Crippen molar-refractivity contribution >= 4 is 11.0 Å². The fourth-order valence-electron chi connectivity index (χ4n) is 3.68. The van der Waals surface area contributed by atoms with Gasteiger partial charge in [0.15, 0.2) is 17.3 Å². The summed E-state index contributed by atoms with van der Waals surface area (Å²) in [5.41, 5.74) is -1.03. The van der Waals surface area contributed by atoms with E-state index in [2.05, 4.69) is 0 Å². The maximum absolute atomic E-state index is 13.3. The molecular weight excluding hydrogens is 456 g/mol. The van der Waals surface area contributed by atoms with Gasteiger partial charge in [0.05, 0.1) is 13.7 Å². The van der Waals surface area contributed by atoms with Gasteiger partial charge in [-0.1, -0.05) is 0 Å². The number of fused-ring (bicyclic) bond motifs is 1. The summed E-state index contributed by atoms with van der Waals surface area (Å²) in [5, 5.41) is 69.7. The van der Waals surface area contributed by atoms with Gasteiger partial charge in [-0.15, -0.1) is 0 Å². The van der Waals surface area contributed by atoms with Gasteiger partial charge in [-0.2, -0.15) is 0 Å². The molecule has 0 saturated carbocycles. The molecule has 0 radical (unpaired) electrons. The molecule has 12 nitrogen and oxygen atoms in total. The maximum Gasteiger partial charge on any atom is 0.239 e. The minimum absolute atomic E-state index is 0.111. The van der Waals surface area contributed by atoms with Crippen LogP contribution in [0.2, 0.25) is 0 Å². The van der Waals surface area contributed by atoms with Gasteiger partial charge >= 0.3 is 0 Å². The van der Waals surface area contributed by atoms with Crippen LogP contribution in [0.4, 0.5) is 0 Å². The Labute approximate surface area is 191 Å². The summed E-state index contributed by atoms with van der Waals surface area (Å²) in [6.07, 6.45) is -8.31. The predicted molar refractivity (Wildman–Crippen MR) is 114 cm³/mol. The summed E-state index contributed by atoms with van der Waals surface area (Å²) in [7, 11) is 1.34. The summed E-state index contributed by atoms with van der Waals surface area (Å²) in [5.74, 6) is -2.05. The molecule has 7 N–H and O–H groups in total. The molecule has 1 fully saturated rings. The maximum atomic E-state index is 13.3. The van der Waals surface area contributed by atoms with Crippen molar-refractivity contribution in [2.45, 2.75) is 30.7 Å². The topological polar surface area (TPSA) is 200 Å². The number of aliphatic hydroxyl groups excluding tert-OH is 4. The second-order valence-electron chi connectivity index (χ2n) is 7.63. The van der Waals surface area contributed by atoms with Crippen molar-refractivity contribution in [3.05, 3.63) is 40.6 Å². The van der Waals surface area contributed by atoms with E-state index in [1.54, 1.807) is 0 Å². The Bertz CT molecular complexity index is 1270. The highest BCUT2D eigenvalue weighted by Gasteiger charge is 2.45. The molecule has 1 aliphatic heterocycles. The summed E-state index contributed by atoms with van der Waals surface area (Å²) in [4.78, 5) is 13.3. The van der Waals surface area contributed by atoms with Crippen LogP contribution in [-0.2, 0) is 4.74 Å². The Balaban J connectivity index is 1.90. The van der Waals surface area contributed by atoms with Crippen molar-refractivity contribution in [2.75, 3.05) is 13.7 Å². The zero-order chi connectivity index (χ0) is 24.7. The SMILES string of the molecule is COc1ccc(-c2oc3cc(O)cc(O)c3c(=O)c2OC2O[C@H](CO)[C@@H](O)[C@H](O)[C@H]2O)cc1O. The molecule has 182 valence electrons. The molecule has 1 aromatic heterocycles. The Morgan fingerprint density at radius 1 is 0.971 bits per heavy atom. The van der Waals surface area contributed by atoms with Gasteiger partial charge in [0.25, 0.3) is 0 Å². The number of methoxy groups -OCH3 is 1. The van der Waals surface area contributed by atoms with Gasteiger partial charge in [-0.25, -0.2) is 0 Å². The van der Waals surface area contributed by atoms with Gasteiger partial charge in [0.1, 0.15) is 46.9 Å². The normalized spacial score (nSPS) is 24.8. The molecule has 3 aromatic rings. The van der Waals surface area contributed by atoms with E-state index in [1.807, 2.05) is 0 Å². The third-order valence-electron chi connectivity index (χ3n) is 5.44. The van der Waals surface area contributed by atoms with Crippen molar-refractivity contribution in [3.8, 4) is 40.1 Å². The Kier molecular flexibility index (Phi) is 6.25. The highest BCUT2D eigenvalue weighted by atomic mass is 16.7. The summed E-state index contributed by atoms with van der Waals surface area (Å²) >= 11 is 0. The van der Waals surface area contributed by atoms with Crippen LogP contribution in [0.3, 0.4) is 0 Å². The molecule has 0 aliphatic carbocycles. The van der Waals surface area contributed by atoms with Gasteiger partial charge in [0.2, 0.25) is 17.5 Å². The van der Waals surface area contributed by atoms with Crippen molar-refractivity contribution in [2.24, 2.45) is 0 Å². The molecule has 2 heterocycles. The van der Waals surface area contributed by atoms with E-state index in [9.17, 15) is 40.5 Å². The lowest BCUT2D eigenvalue weighted by atomic mass is 9.99. The standard InChI is InChI=1S/C22H22O12/c1-31-12-3-2-8(4-10(12)25)20-21(17(28)15-11(26)5-9(24)6-13(15)32-20)34-22-19(30)18(29)16(27)14(7-23)33-22/h2-6,14,16,18-19,22-27,29-30H,7H2,1H3/t14-,16-,18+,19-,22?/m1/s1. The fourth-order valence-corrected chi connectivity index (χ4v) is 3.68. The minimum atomic E-state index is -1.83. The largest absolute Gasteiger partial charge is 0.508 e. The van der Waals surface area contributed by atoms with Crippen molar-refractivity contribution in [1.29, 1.82) is 0 Å². The van der Waals surface area contributed by atoms with Gasteiger partial charge < -0.3 is 54.4 Å². The first-order chi connectivity index (χ1) is 16.2. The average molecular weight is 478 g/mol. The summed E-state index contributed by atoms with van der Waals surface area (Å²) < 4.78 is 21.6. The number of aromatic hydroxyl groups is 3.